The van der Waals surface area contributed by atoms with Gasteiger partial charge in [-0.3, -0.25) is 0 Å². The zero-order valence-corrected chi connectivity index (χ0v) is 15.2. The third kappa shape index (κ3) is 2.66. The Hall–Kier alpha value is -3.53. The van der Waals surface area contributed by atoms with Crippen LogP contribution < -0.4 is 20.9 Å². The van der Waals surface area contributed by atoms with Gasteiger partial charge in [-0.25, -0.2) is 4.79 Å². The van der Waals surface area contributed by atoms with Crippen molar-refractivity contribution in [3.8, 4) is 11.5 Å². The number of aromatic carboxylic acids is 1. The highest BCUT2D eigenvalue weighted by molar-refractivity contribution is 6.02. The Bertz CT molecular complexity index is 1230. The Morgan fingerprint density at radius 1 is 1.04 bits per heavy atom. The normalized spacial score (nSPS) is 12.1. The molecule has 0 unspecified atom stereocenters. The second-order valence-electron chi connectivity index (χ2n) is 6.83. The number of carboxylic acid groups (broad SMARTS) is 1. The van der Waals surface area contributed by atoms with E-state index < -0.39 is 5.97 Å². The first-order valence-electron chi connectivity index (χ1n) is 8.61. The first-order chi connectivity index (χ1) is 12.9. The minimum atomic E-state index is -1.01. The van der Waals surface area contributed by atoms with Crippen LogP contribution in [0, 0.1) is 13.8 Å². The summed E-state index contributed by atoms with van der Waals surface area (Å²) in [6.45, 7) is 7.83. The van der Waals surface area contributed by atoms with Gasteiger partial charge in [0.2, 0.25) is 0 Å². The van der Waals surface area contributed by atoms with Gasteiger partial charge in [-0.15, -0.1) is 0 Å². The zero-order chi connectivity index (χ0) is 19.3. The van der Waals surface area contributed by atoms with Crippen LogP contribution in [0.1, 0.15) is 32.6 Å². The van der Waals surface area contributed by atoms with E-state index in [1.54, 1.807) is 12.1 Å². The van der Waals surface area contributed by atoms with E-state index in [1.165, 1.54) is 0 Å². The van der Waals surface area contributed by atoms with Gasteiger partial charge in [0.25, 0.3) is 0 Å². The molecule has 4 heteroatoms. The van der Waals surface area contributed by atoms with Gasteiger partial charge in [0, 0.05) is 27.6 Å². The van der Waals surface area contributed by atoms with Crippen LogP contribution in [0.25, 0.3) is 12.2 Å². The number of nitrogens with two attached hydrogens (primary N) is 1. The lowest BCUT2D eigenvalue weighted by molar-refractivity contribution is 0.0696. The molecular formula is C23H19NO3. The largest absolute Gasteiger partial charge is 0.478 e. The fourth-order valence-electron chi connectivity index (χ4n) is 3.48. The first-order valence-corrected chi connectivity index (χ1v) is 8.61. The highest BCUT2D eigenvalue weighted by atomic mass is 16.5. The Morgan fingerprint density at radius 3 is 2.56 bits per heavy atom. The molecule has 0 fully saturated rings. The number of hydrogen-bond donors (Lipinski definition) is 2. The molecule has 0 saturated heterocycles. The molecule has 3 aromatic carbocycles. The standard InChI is InChI=1S/C23H19NO3/c1-12-4-7-15-18(10-12)27-19-11-13(2)5-8-16(19)20(15)21-17(23(25)26)9-6-14(3)22(21)24/h4-11H,1,24H2,2-3H3,(H,25,26). The van der Waals surface area contributed by atoms with Gasteiger partial charge in [0.15, 0.2) is 0 Å². The molecular weight excluding hydrogens is 338 g/mol. The van der Waals surface area contributed by atoms with Crippen molar-refractivity contribution in [3.63, 3.8) is 0 Å². The number of hydrogen-bond acceptors (Lipinski definition) is 3. The summed E-state index contributed by atoms with van der Waals surface area (Å²) in [7, 11) is 0. The second kappa shape index (κ2) is 6.02. The van der Waals surface area contributed by atoms with Crippen molar-refractivity contribution in [2.45, 2.75) is 13.8 Å². The average Bonchev–Trinajstić information content (AvgIpc) is 2.61. The fourth-order valence-corrected chi connectivity index (χ4v) is 3.48. The molecule has 0 saturated carbocycles. The van der Waals surface area contributed by atoms with E-state index in [4.69, 9.17) is 10.5 Å². The van der Waals surface area contributed by atoms with Gasteiger partial charge in [-0.1, -0.05) is 36.9 Å². The third-order valence-electron chi connectivity index (χ3n) is 4.89. The van der Waals surface area contributed by atoms with Crippen molar-refractivity contribution >= 4 is 23.8 Å². The number of anilines is 1. The molecule has 4 nitrogen and oxygen atoms in total. The summed E-state index contributed by atoms with van der Waals surface area (Å²) < 4.78 is 6.11. The van der Waals surface area contributed by atoms with Crippen LogP contribution in [0.3, 0.4) is 0 Å². The van der Waals surface area contributed by atoms with E-state index >= 15 is 0 Å². The molecule has 134 valence electrons. The molecule has 0 aliphatic carbocycles. The molecule has 3 N–H and O–H groups in total. The molecule has 0 spiro atoms. The minimum absolute atomic E-state index is 0.172. The summed E-state index contributed by atoms with van der Waals surface area (Å²) in [6.07, 6.45) is 0. The maximum atomic E-state index is 11.9. The van der Waals surface area contributed by atoms with Gasteiger partial charge < -0.3 is 15.6 Å². The maximum absolute atomic E-state index is 11.9. The number of carbonyl (C=O) groups is 1. The number of rotatable bonds is 2. The fraction of sp³-hybridized carbons (Fsp3) is 0.0870. The second-order valence-corrected chi connectivity index (χ2v) is 6.83. The van der Waals surface area contributed by atoms with Crippen LogP contribution in [0.2, 0.25) is 0 Å². The predicted molar refractivity (Wildman–Crippen MR) is 107 cm³/mol. The molecule has 0 amide bonds. The summed E-state index contributed by atoms with van der Waals surface area (Å²) in [5, 5.41) is 11.4. The minimum Gasteiger partial charge on any atom is -0.478 e. The van der Waals surface area contributed by atoms with Crippen LogP contribution in [-0.2, 0) is 0 Å². The lowest BCUT2D eigenvalue weighted by atomic mass is 9.87. The van der Waals surface area contributed by atoms with Crippen molar-refractivity contribution in [2.75, 3.05) is 5.73 Å². The van der Waals surface area contributed by atoms with Gasteiger partial charge in [-0.05, 0) is 48.4 Å². The zero-order valence-electron chi connectivity index (χ0n) is 15.2. The van der Waals surface area contributed by atoms with Crippen molar-refractivity contribution < 1.29 is 14.6 Å². The number of carboxylic acids is 1. The summed E-state index contributed by atoms with van der Waals surface area (Å²) in [5.41, 5.74) is 11.0. The molecule has 4 rings (SSSR count). The van der Waals surface area contributed by atoms with Gasteiger partial charge in [-0.2, -0.15) is 0 Å². The van der Waals surface area contributed by atoms with Gasteiger partial charge >= 0.3 is 5.97 Å². The molecule has 0 radical (unpaired) electrons. The molecule has 0 aromatic heterocycles. The van der Waals surface area contributed by atoms with Crippen molar-refractivity contribution in [1.82, 2.24) is 0 Å². The highest BCUT2D eigenvalue weighted by Gasteiger charge is 2.26. The summed E-state index contributed by atoms with van der Waals surface area (Å²) in [6, 6.07) is 14.9. The number of benzene rings is 3. The first kappa shape index (κ1) is 16.9. The SMILES string of the molecule is C=c1ccc2c(c1)Oc1cc(C)ccc1C=2c1c(C(=O)O)ccc(C)c1N. The Labute approximate surface area is 156 Å². The van der Waals surface area contributed by atoms with E-state index in [0.717, 1.165) is 32.7 Å². The predicted octanol–water partition coefficient (Wildman–Crippen LogP) is 3.35. The third-order valence-corrected chi connectivity index (χ3v) is 4.89. The quantitative estimate of drug-likeness (QED) is 0.540. The molecule has 27 heavy (non-hydrogen) atoms. The topological polar surface area (TPSA) is 72.5 Å². The summed E-state index contributed by atoms with van der Waals surface area (Å²) in [5.74, 6) is 0.313. The molecule has 3 aromatic rings. The lowest BCUT2D eigenvalue weighted by Gasteiger charge is -2.24. The molecule has 1 aliphatic rings. The van der Waals surface area contributed by atoms with E-state index in [1.807, 2.05) is 50.2 Å². The van der Waals surface area contributed by atoms with Crippen LogP contribution in [0.15, 0.2) is 48.5 Å². The average molecular weight is 357 g/mol. The summed E-state index contributed by atoms with van der Waals surface area (Å²) >= 11 is 0. The lowest BCUT2D eigenvalue weighted by Crippen LogP contribution is -2.21. The Kier molecular flexibility index (Phi) is 3.77. The number of nitrogen functional groups attached to an aromatic ring is 1. The van der Waals surface area contributed by atoms with Crippen LogP contribution in [-0.4, -0.2) is 11.1 Å². The molecule has 0 atom stereocenters. The number of ether oxygens (including phenoxy) is 1. The molecule has 1 heterocycles. The van der Waals surface area contributed by atoms with Crippen molar-refractivity contribution in [2.24, 2.45) is 0 Å². The number of aryl methyl sites for hydroxylation is 2. The Morgan fingerprint density at radius 2 is 1.81 bits per heavy atom. The van der Waals surface area contributed by atoms with Crippen LogP contribution in [0.5, 0.6) is 11.5 Å². The highest BCUT2D eigenvalue weighted by Crippen LogP contribution is 2.40. The Balaban J connectivity index is 2.22. The van der Waals surface area contributed by atoms with E-state index in [0.29, 0.717) is 22.7 Å². The van der Waals surface area contributed by atoms with Crippen molar-refractivity contribution in [3.05, 3.63) is 86.8 Å². The maximum Gasteiger partial charge on any atom is 0.336 e. The van der Waals surface area contributed by atoms with Gasteiger partial charge in [0.05, 0.1) is 5.56 Å². The monoisotopic (exact) mass is 357 g/mol. The number of fused-ring (bicyclic) bond motifs is 2. The van der Waals surface area contributed by atoms with Gasteiger partial charge in [0.1, 0.15) is 11.5 Å². The molecule has 1 aliphatic heterocycles. The summed E-state index contributed by atoms with van der Waals surface area (Å²) in [4.78, 5) is 11.9. The van der Waals surface area contributed by atoms with E-state index in [2.05, 4.69) is 6.58 Å². The van der Waals surface area contributed by atoms with Crippen LogP contribution >= 0.6 is 0 Å². The molecule has 0 bridgehead atoms. The van der Waals surface area contributed by atoms with Crippen LogP contribution in [0.4, 0.5) is 5.69 Å². The smallest absolute Gasteiger partial charge is 0.336 e. The van der Waals surface area contributed by atoms with E-state index in [9.17, 15) is 9.90 Å². The van der Waals surface area contributed by atoms with Crippen molar-refractivity contribution in [1.29, 1.82) is 0 Å². The van der Waals surface area contributed by atoms with E-state index in [-0.39, 0.29) is 5.56 Å².